The predicted octanol–water partition coefficient (Wildman–Crippen LogP) is 2.76. The molecule has 146 valence electrons. The zero-order valence-corrected chi connectivity index (χ0v) is 16.4. The number of nitrogen functional groups attached to an aromatic ring is 1. The van der Waals surface area contributed by atoms with E-state index in [1.807, 2.05) is 26.8 Å². The Labute approximate surface area is 156 Å². The number of anilines is 2. The van der Waals surface area contributed by atoms with E-state index >= 15 is 0 Å². The highest BCUT2D eigenvalue weighted by Gasteiger charge is 2.28. The van der Waals surface area contributed by atoms with Crippen molar-refractivity contribution in [1.29, 1.82) is 0 Å². The number of nitrogens with zero attached hydrogens (tertiary/aromatic N) is 3. The first-order valence-electron chi connectivity index (χ1n) is 9.22. The normalized spacial score (nSPS) is 16.5. The average Bonchev–Trinajstić information content (AvgIpc) is 2.58. The van der Waals surface area contributed by atoms with E-state index < -0.39 is 5.60 Å². The topological polar surface area (TPSA) is 80.9 Å². The minimum atomic E-state index is -0.542. The zero-order chi connectivity index (χ0) is 19.2. The second kappa shape index (κ2) is 9.19. The number of hydrogen-bond donors (Lipinski definition) is 1. The molecule has 2 heterocycles. The lowest BCUT2D eigenvalue weighted by molar-refractivity contribution is 0.0566. The van der Waals surface area contributed by atoms with Crippen molar-refractivity contribution in [2.75, 3.05) is 50.5 Å². The van der Waals surface area contributed by atoms with Crippen LogP contribution in [0, 0.1) is 5.92 Å². The van der Waals surface area contributed by atoms with Crippen molar-refractivity contribution in [2.24, 2.45) is 5.92 Å². The van der Waals surface area contributed by atoms with Crippen LogP contribution in [0.2, 0.25) is 0 Å². The molecule has 0 bridgehead atoms. The number of hydrogen-bond acceptors (Lipinski definition) is 6. The second-order valence-electron chi connectivity index (χ2n) is 7.81. The number of carbonyl (C=O) groups excluding carboxylic acids is 1. The van der Waals surface area contributed by atoms with Crippen LogP contribution < -0.4 is 10.6 Å². The maximum Gasteiger partial charge on any atom is 0.414 e. The molecule has 26 heavy (non-hydrogen) atoms. The number of likely N-dealkylation sites (tertiary alicyclic amines) is 1. The molecule has 1 aromatic heterocycles. The molecule has 1 saturated heterocycles. The van der Waals surface area contributed by atoms with Crippen LogP contribution in [-0.2, 0) is 9.47 Å². The van der Waals surface area contributed by atoms with Crippen LogP contribution in [-0.4, -0.2) is 61.5 Å². The lowest BCUT2D eigenvalue weighted by Crippen LogP contribution is -2.43. The Morgan fingerprint density at radius 1 is 1.35 bits per heavy atom. The maximum absolute atomic E-state index is 12.7. The third-order valence-electron chi connectivity index (χ3n) is 4.46. The lowest BCUT2D eigenvalue weighted by atomic mass is 9.96. The van der Waals surface area contributed by atoms with Gasteiger partial charge in [0.05, 0.1) is 18.5 Å². The molecule has 7 nitrogen and oxygen atoms in total. The summed E-state index contributed by atoms with van der Waals surface area (Å²) in [5.41, 5.74) is 5.86. The van der Waals surface area contributed by atoms with Gasteiger partial charge in [-0.25, -0.2) is 9.78 Å². The average molecular weight is 364 g/mol. The summed E-state index contributed by atoms with van der Waals surface area (Å²) in [5.74, 6) is 0.864. The van der Waals surface area contributed by atoms with Crippen LogP contribution in [0.5, 0.6) is 0 Å². The van der Waals surface area contributed by atoms with Gasteiger partial charge in [-0.15, -0.1) is 0 Å². The minimum absolute atomic E-state index is 0.342. The van der Waals surface area contributed by atoms with Gasteiger partial charge in [0, 0.05) is 20.2 Å². The monoisotopic (exact) mass is 364 g/mol. The summed E-state index contributed by atoms with van der Waals surface area (Å²) in [6, 6.07) is 3.53. The molecule has 1 aliphatic rings. The second-order valence-corrected chi connectivity index (χ2v) is 7.81. The van der Waals surface area contributed by atoms with E-state index in [-0.39, 0.29) is 6.09 Å². The van der Waals surface area contributed by atoms with Crippen molar-refractivity contribution in [2.45, 2.75) is 39.2 Å². The van der Waals surface area contributed by atoms with Gasteiger partial charge in [0.2, 0.25) is 0 Å². The smallest absolute Gasteiger partial charge is 0.414 e. The van der Waals surface area contributed by atoms with Gasteiger partial charge >= 0.3 is 6.09 Å². The van der Waals surface area contributed by atoms with Crippen LogP contribution in [0.3, 0.4) is 0 Å². The molecule has 1 amide bonds. The Balaban J connectivity index is 2.03. The van der Waals surface area contributed by atoms with E-state index in [0.717, 1.165) is 44.8 Å². The zero-order valence-electron chi connectivity index (χ0n) is 16.4. The Hall–Kier alpha value is -1.86. The molecule has 1 aliphatic heterocycles. The number of methoxy groups -OCH3 is 1. The van der Waals surface area contributed by atoms with E-state index in [1.165, 1.54) is 0 Å². The Morgan fingerprint density at radius 2 is 2.04 bits per heavy atom. The molecule has 0 atom stereocenters. The highest BCUT2D eigenvalue weighted by Crippen LogP contribution is 2.24. The first kappa shape index (κ1) is 20.5. The Bertz CT molecular complexity index is 563. The van der Waals surface area contributed by atoms with E-state index in [0.29, 0.717) is 18.3 Å². The van der Waals surface area contributed by atoms with Gasteiger partial charge in [-0.05, 0) is 64.8 Å². The number of ether oxygens (including phenoxy) is 2. The number of carbonyl (C=O) groups is 1. The summed E-state index contributed by atoms with van der Waals surface area (Å²) in [7, 11) is 1.73. The fourth-order valence-corrected chi connectivity index (χ4v) is 3.03. The van der Waals surface area contributed by atoms with Crippen LogP contribution >= 0.6 is 0 Å². The predicted molar refractivity (Wildman–Crippen MR) is 103 cm³/mol. The molecule has 0 aromatic carbocycles. The SMILES string of the molecule is COCCN1CCC(CN(C(=O)OC(C)(C)C)c2ccc(N)nc2)CC1. The lowest BCUT2D eigenvalue weighted by Gasteiger charge is -2.35. The molecule has 2 rings (SSSR count). The fraction of sp³-hybridized carbons (Fsp3) is 0.684. The van der Waals surface area contributed by atoms with Gasteiger partial charge in [-0.3, -0.25) is 4.90 Å². The molecule has 7 heteroatoms. The summed E-state index contributed by atoms with van der Waals surface area (Å²) in [6.45, 7) is 10.0. The molecule has 1 fully saturated rings. The number of piperidine rings is 1. The van der Waals surface area contributed by atoms with Gasteiger partial charge in [-0.2, -0.15) is 0 Å². The Morgan fingerprint density at radius 3 is 2.58 bits per heavy atom. The van der Waals surface area contributed by atoms with Crippen LogP contribution in [0.15, 0.2) is 18.3 Å². The number of aromatic nitrogens is 1. The van der Waals surface area contributed by atoms with E-state index in [4.69, 9.17) is 15.2 Å². The van der Waals surface area contributed by atoms with Gasteiger partial charge in [0.1, 0.15) is 11.4 Å². The Kier molecular flexibility index (Phi) is 7.23. The first-order valence-corrected chi connectivity index (χ1v) is 9.22. The van der Waals surface area contributed by atoms with Crippen molar-refractivity contribution in [1.82, 2.24) is 9.88 Å². The number of amides is 1. The molecule has 0 saturated carbocycles. The van der Waals surface area contributed by atoms with Crippen molar-refractivity contribution >= 4 is 17.6 Å². The van der Waals surface area contributed by atoms with Crippen molar-refractivity contribution in [3.8, 4) is 0 Å². The molecular weight excluding hydrogens is 332 g/mol. The first-order chi connectivity index (χ1) is 12.3. The summed E-state index contributed by atoms with van der Waals surface area (Å²) in [5, 5.41) is 0. The molecule has 0 radical (unpaired) electrons. The van der Waals surface area contributed by atoms with Crippen molar-refractivity contribution in [3.63, 3.8) is 0 Å². The molecule has 0 spiro atoms. The third-order valence-corrected chi connectivity index (χ3v) is 4.46. The quantitative estimate of drug-likeness (QED) is 0.836. The standard InChI is InChI=1S/C19H32N4O3/c1-19(2,3)26-18(24)23(16-5-6-17(20)21-13-16)14-15-7-9-22(10-8-15)11-12-25-4/h5-6,13,15H,7-12,14H2,1-4H3,(H2,20,21). The molecular formula is C19H32N4O3. The largest absolute Gasteiger partial charge is 0.443 e. The molecule has 1 aromatic rings. The van der Waals surface area contributed by atoms with Crippen LogP contribution in [0.25, 0.3) is 0 Å². The molecule has 0 aliphatic carbocycles. The van der Waals surface area contributed by atoms with Gasteiger partial charge in [-0.1, -0.05) is 0 Å². The minimum Gasteiger partial charge on any atom is -0.443 e. The fourth-order valence-electron chi connectivity index (χ4n) is 3.03. The van der Waals surface area contributed by atoms with E-state index in [1.54, 1.807) is 24.3 Å². The van der Waals surface area contributed by atoms with Crippen LogP contribution in [0.1, 0.15) is 33.6 Å². The van der Waals surface area contributed by atoms with Crippen LogP contribution in [0.4, 0.5) is 16.3 Å². The summed E-state index contributed by atoms with van der Waals surface area (Å²) < 4.78 is 10.8. The van der Waals surface area contributed by atoms with Crippen molar-refractivity contribution < 1.29 is 14.3 Å². The summed E-state index contributed by atoms with van der Waals surface area (Å²) in [4.78, 5) is 21.0. The highest BCUT2D eigenvalue weighted by atomic mass is 16.6. The van der Waals surface area contributed by atoms with E-state index in [2.05, 4.69) is 9.88 Å². The van der Waals surface area contributed by atoms with Gasteiger partial charge < -0.3 is 20.1 Å². The third kappa shape index (κ3) is 6.46. The number of rotatable bonds is 6. The summed E-state index contributed by atoms with van der Waals surface area (Å²) >= 11 is 0. The van der Waals surface area contributed by atoms with E-state index in [9.17, 15) is 4.79 Å². The number of pyridine rings is 1. The number of nitrogens with two attached hydrogens (primary N) is 1. The van der Waals surface area contributed by atoms with Gasteiger partial charge in [0.15, 0.2) is 0 Å². The maximum atomic E-state index is 12.7. The van der Waals surface area contributed by atoms with Crippen molar-refractivity contribution in [3.05, 3.63) is 18.3 Å². The summed E-state index contributed by atoms with van der Waals surface area (Å²) in [6.07, 6.45) is 3.38. The van der Waals surface area contributed by atoms with Gasteiger partial charge in [0.25, 0.3) is 0 Å². The molecule has 2 N–H and O–H groups in total. The molecule has 0 unspecified atom stereocenters. The highest BCUT2D eigenvalue weighted by molar-refractivity contribution is 5.87.